The lowest BCUT2D eigenvalue weighted by Gasteiger charge is -2.31. The zero-order valence-corrected chi connectivity index (χ0v) is 15.0. The summed E-state index contributed by atoms with van der Waals surface area (Å²) in [6.45, 7) is 6.43. The molecule has 1 aliphatic carbocycles. The Balaban J connectivity index is 1.78. The lowest BCUT2D eigenvalue weighted by atomic mass is 9.91. The average molecular weight is 339 g/mol. The van der Waals surface area contributed by atoms with Crippen LogP contribution < -0.4 is 10.6 Å². The fourth-order valence-electron chi connectivity index (χ4n) is 2.89. The summed E-state index contributed by atoms with van der Waals surface area (Å²) in [7, 11) is 0. The van der Waals surface area contributed by atoms with Crippen molar-refractivity contribution in [3.05, 3.63) is 34.9 Å². The topological polar surface area (TPSA) is 50.4 Å². The Kier molecular flexibility index (Phi) is 6.31. The summed E-state index contributed by atoms with van der Waals surface area (Å²) in [5, 5.41) is 7.32. The van der Waals surface area contributed by atoms with Gasteiger partial charge in [-0.05, 0) is 64.2 Å². The molecule has 0 spiro atoms. The first-order valence-corrected chi connectivity index (χ1v) is 8.67. The summed E-state index contributed by atoms with van der Waals surface area (Å²) in [5.74, 6) is 0. The van der Waals surface area contributed by atoms with Crippen LogP contribution in [-0.2, 0) is 11.3 Å². The summed E-state index contributed by atoms with van der Waals surface area (Å²) >= 11 is 6.01. The molecular formula is C18H27ClN2O2. The molecule has 5 heteroatoms. The minimum Gasteiger partial charge on any atom is -0.444 e. The van der Waals surface area contributed by atoms with Crippen LogP contribution in [0.15, 0.2) is 24.3 Å². The van der Waals surface area contributed by atoms with E-state index in [0.29, 0.717) is 6.04 Å². The van der Waals surface area contributed by atoms with Crippen molar-refractivity contribution < 1.29 is 9.53 Å². The summed E-state index contributed by atoms with van der Waals surface area (Å²) in [6.07, 6.45) is 3.85. The van der Waals surface area contributed by atoms with Crippen LogP contribution in [0, 0.1) is 0 Å². The molecule has 128 valence electrons. The Morgan fingerprint density at radius 2 is 2.04 bits per heavy atom. The third-order valence-electron chi connectivity index (χ3n) is 3.88. The summed E-state index contributed by atoms with van der Waals surface area (Å²) in [4.78, 5) is 11.9. The molecule has 1 fully saturated rings. The minimum absolute atomic E-state index is 0.176. The maximum atomic E-state index is 11.9. The summed E-state index contributed by atoms with van der Waals surface area (Å²) in [6, 6.07) is 8.48. The highest BCUT2D eigenvalue weighted by molar-refractivity contribution is 6.30. The van der Waals surface area contributed by atoms with Crippen molar-refractivity contribution in [2.75, 3.05) is 0 Å². The number of ether oxygens (including phenoxy) is 1. The van der Waals surface area contributed by atoms with Gasteiger partial charge in [0.25, 0.3) is 0 Å². The Labute approximate surface area is 143 Å². The second kappa shape index (κ2) is 8.02. The Hall–Kier alpha value is -1.26. The number of benzene rings is 1. The van der Waals surface area contributed by atoms with Gasteiger partial charge in [0, 0.05) is 23.7 Å². The lowest BCUT2D eigenvalue weighted by Crippen LogP contribution is -2.45. The van der Waals surface area contributed by atoms with E-state index in [1.54, 1.807) is 0 Å². The van der Waals surface area contributed by atoms with Crippen LogP contribution in [0.5, 0.6) is 0 Å². The maximum absolute atomic E-state index is 11.9. The van der Waals surface area contributed by atoms with Crippen LogP contribution in [0.1, 0.15) is 52.0 Å². The molecule has 1 saturated carbocycles. The van der Waals surface area contributed by atoms with Gasteiger partial charge in [-0.2, -0.15) is 0 Å². The van der Waals surface area contributed by atoms with Crippen molar-refractivity contribution in [2.45, 2.75) is 70.7 Å². The van der Waals surface area contributed by atoms with E-state index in [2.05, 4.69) is 16.7 Å². The molecule has 1 amide bonds. The standard InChI is InChI=1S/C18H27ClN2O2/c1-18(2,3)23-17(22)21-16-9-5-8-15(11-16)20-12-13-6-4-7-14(19)10-13/h4,6-7,10,15-16,20H,5,8-9,11-12H2,1-3H3,(H,21,22). The molecule has 23 heavy (non-hydrogen) atoms. The molecule has 0 radical (unpaired) electrons. The third kappa shape index (κ3) is 6.80. The third-order valence-corrected chi connectivity index (χ3v) is 4.11. The zero-order chi connectivity index (χ0) is 16.9. The fraction of sp³-hybridized carbons (Fsp3) is 0.611. The molecule has 1 aromatic carbocycles. The van der Waals surface area contributed by atoms with E-state index in [0.717, 1.165) is 37.3 Å². The maximum Gasteiger partial charge on any atom is 0.407 e. The second-order valence-corrected chi connectivity index (χ2v) is 7.65. The van der Waals surface area contributed by atoms with E-state index in [9.17, 15) is 4.79 Å². The molecular weight excluding hydrogens is 312 g/mol. The predicted octanol–water partition coefficient (Wildman–Crippen LogP) is 4.27. The molecule has 0 aliphatic heterocycles. The lowest BCUT2D eigenvalue weighted by molar-refractivity contribution is 0.0488. The van der Waals surface area contributed by atoms with Crippen molar-refractivity contribution in [1.82, 2.24) is 10.6 Å². The molecule has 2 atom stereocenters. The van der Waals surface area contributed by atoms with Crippen LogP contribution in [0.2, 0.25) is 5.02 Å². The molecule has 2 rings (SSSR count). The first kappa shape index (κ1) is 18.1. The number of rotatable bonds is 4. The molecule has 0 aromatic heterocycles. The number of hydrogen-bond donors (Lipinski definition) is 2. The first-order valence-electron chi connectivity index (χ1n) is 8.29. The van der Waals surface area contributed by atoms with E-state index in [1.165, 1.54) is 5.56 Å². The normalized spacial score (nSPS) is 21.7. The van der Waals surface area contributed by atoms with E-state index in [1.807, 2.05) is 39.0 Å². The number of alkyl carbamates (subject to hydrolysis) is 1. The molecule has 0 bridgehead atoms. The quantitative estimate of drug-likeness (QED) is 0.862. The van der Waals surface area contributed by atoms with Crippen molar-refractivity contribution >= 4 is 17.7 Å². The molecule has 2 N–H and O–H groups in total. The molecule has 4 nitrogen and oxygen atoms in total. The van der Waals surface area contributed by atoms with Crippen molar-refractivity contribution in [3.63, 3.8) is 0 Å². The van der Waals surface area contributed by atoms with Gasteiger partial charge in [0.1, 0.15) is 5.60 Å². The second-order valence-electron chi connectivity index (χ2n) is 7.22. The van der Waals surface area contributed by atoms with Crippen LogP contribution in [-0.4, -0.2) is 23.8 Å². The van der Waals surface area contributed by atoms with E-state index in [4.69, 9.17) is 16.3 Å². The van der Waals surface area contributed by atoms with Gasteiger partial charge in [-0.15, -0.1) is 0 Å². The highest BCUT2D eigenvalue weighted by Gasteiger charge is 2.25. The molecule has 2 unspecified atom stereocenters. The largest absolute Gasteiger partial charge is 0.444 e. The van der Waals surface area contributed by atoms with E-state index >= 15 is 0 Å². The number of halogens is 1. The van der Waals surface area contributed by atoms with Crippen LogP contribution in [0.25, 0.3) is 0 Å². The van der Waals surface area contributed by atoms with Gasteiger partial charge >= 0.3 is 6.09 Å². The average Bonchev–Trinajstić information content (AvgIpc) is 2.43. The number of carbonyl (C=O) groups excluding carboxylic acids is 1. The smallest absolute Gasteiger partial charge is 0.407 e. The van der Waals surface area contributed by atoms with Gasteiger partial charge in [-0.3, -0.25) is 0 Å². The van der Waals surface area contributed by atoms with Crippen LogP contribution in [0.3, 0.4) is 0 Å². The fourth-order valence-corrected chi connectivity index (χ4v) is 3.10. The summed E-state index contributed by atoms with van der Waals surface area (Å²) < 4.78 is 5.33. The number of hydrogen-bond acceptors (Lipinski definition) is 3. The highest BCUT2D eigenvalue weighted by atomic mass is 35.5. The van der Waals surface area contributed by atoms with Gasteiger partial charge in [0.15, 0.2) is 0 Å². The van der Waals surface area contributed by atoms with Crippen molar-refractivity contribution in [2.24, 2.45) is 0 Å². The Morgan fingerprint density at radius 1 is 1.30 bits per heavy atom. The minimum atomic E-state index is -0.455. The molecule has 1 aliphatic rings. The van der Waals surface area contributed by atoms with Gasteiger partial charge in [-0.25, -0.2) is 4.79 Å². The molecule has 0 saturated heterocycles. The van der Waals surface area contributed by atoms with Gasteiger partial charge in [-0.1, -0.05) is 23.7 Å². The Bertz CT molecular complexity index is 528. The summed E-state index contributed by atoms with van der Waals surface area (Å²) in [5.41, 5.74) is 0.725. The van der Waals surface area contributed by atoms with Crippen LogP contribution >= 0.6 is 11.6 Å². The van der Waals surface area contributed by atoms with Crippen molar-refractivity contribution in [1.29, 1.82) is 0 Å². The zero-order valence-electron chi connectivity index (χ0n) is 14.2. The van der Waals surface area contributed by atoms with Gasteiger partial charge < -0.3 is 15.4 Å². The Morgan fingerprint density at radius 3 is 2.74 bits per heavy atom. The van der Waals surface area contributed by atoms with E-state index < -0.39 is 5.60 Å². The van der Waals surface area contributed by atoms with Gasteiger partial charge in [0.2, 0.25) is 0 Å². The highest BCUT2D eigenvalue weighted by Crippen LogP contribution is 2.20. The number of amides is 1. The number of carbonyl (C=O) groups is 1. The van der Waals surface area contributed by atoms with Crippen LogP contribution in [0.4, 0.5) is 4.79 Å². The molecule has 1 aromatic rings. The first-order chi connectivity index (χ1) is 10.8. The van der Waals surface area contributed by atoms with Crippen molar-refractivity contribution in [3.8, 4) is 0 Å². The van der Waals surface area contributed by atoms with E-state index in [-0.39, 0.29) is 12.1 Å². The van der Waals surface area contributed by atoms with Gasteiger partial charge in [0.05, 0.1) is 0 Å². The number of nitrogens with one attached hydrogen (secondary N) is 2. The monoisotopic (exact) mass is 338 g/mol. The predicted molar refractivity (Wildman–Crippen MR) is 93.7 cm³/mol. The molecule has 0 heterocycles. The SMILES string of the molecule is CC(C)(C)OC(=O)NC1CCCC(NCc2cccc(Cl)c2)C1.